The first-order valence-electron chi connectivity index (χ1n) is 8.12. The van der Waals surface area contributed by atoms with Gasteiger partial charge >= 0.3 is 0 Å². The molecule has 7 heteroatoms. The second-order valence-corrected chi connectivity index (χ2v) is 8.08. The van der Waals surface area contributed by atoms with Crippen LogP contribution in [-0.4, -0.2) is 40.0 Å². The zero-order chi connectivity index (χ0) is 16.7. The molecule has 0 radical (unpaired) electrons. The first kappa shape index (κ1) is 15.4. The van der Waals surface area contributed by atoms with Crippen LogP contribution in [0.15, 0.2) is 41.3 Å². The average molecular weight is 345 g/mol. The zero-order valence-electron chi connectivity index (χ0n) is 13.2. The first-order chi connectivity index (χ1) is 11.6. The van der Waals surface area contributed by atoms with Gasteiger partial charge in [-0.1, -0.05) is 24.3 Å². The molecule has 126 valence electrons. The highest BCUT2D eigenvalue weighted by molar-refractivity contribution is 7.93. The van der Waals surface area contributed by atoms with Gasteiger partial charge in [-0.05, 0) is 36.9 Å². The van der Waals surface area contributed by atoms with Crippen molar-refractivity contribution in [1.29, 1.82) is 0 Å². The standard InChI is InChI=1S/C17H19N3O3S/c21-16(19-13-6-3-9-18-10-13)11-20-14-7-1-4-12-5-2-8-15(17(12)14)24(20,22)23/h1-2,4-5,7-8,13,18H,3,6,9-11H2,(H,19,21). The molecule has 2 heterocycles. The summed E-state index contributed by atoms with van der Waals surface area (Å²) in [6.07, 6.45) is 1.93. The van der Waals surface area contributed by atoms with Crippen molar-refractivity contribution >= 4 is 32.4 Å². The van der Waals surface area contributed by atoms with Crippen LogP contribution in [0.25, 0.3) is 10.8 Å². The maximum atomic E-state index is 12.8. The number of hydrogen-bond donors (Lipinski definition) is 2. The lowest BCUT2D eigenvalue weighted by Gasteiger charge is -2.25. The third kappa shape index (κ3) is 2.44. The Morgan fingerprint density at radius 2 is 2.04 bits per heavy atom. The third-order valence-electron chi connectivity index (χ3n) is 4.63. The number of amides is 1. The molecule has 1 fully saturated rings. The van der Waals surface area contributed by atoms with Crippen LogP contribution in [0.5, 0.6) is 0 Å². The summed E-state index contributed by atoms with van der Waals surface area (Å²) in [5.74, 6) is -0.267. The van der Waals surface area contributed by atoms with Crippen molar-refractivity contribution in [2.45, 2.75) is 23.8 Å². The van der Waals surface area contributed by atoms with Crippen LogP contribution in [0, 0.1) is 0 Å². The molecular formula is C17H19N3O3S. The Balaban J connectivity index is 1.62. The Hall–Kier alpha value is -2.12. The van der Waals surface area contributed by atoms with Crippen LogP contribution in [0.4, 0.5) is 5.69 Å². The molecule has 0 saturated carbocycles. The minimum atomic E-state index is -3.68. The minimum Gasteiger partial charge on any atom is -0.351 e. The first-order valence-corrected chi connectivity index (χ1v) is 9.56. The minimum absolute atomic E-state index is 0.0646. The lowest BCUT2D eigenvalue weighted by Crippen LogP contribution is -2.49. The molecule has 1 atom stereocenters. The van der Waals surface area contributed by atoms with E-state index in [-0.39, 0.29) is 23.4 Å². The third-order valence-corrected chi connectivity index (χ3v) is 6.43. The lowest BCUT2D eigenvalue weighted by molar-refractivity contribution is -0.120. The van der Waals surface area contributed by atoms with Crippen molar-refractivity contribution in [2.75, 3.05) is 23.9 Å². The Labute approximate surface area is 140 Å². The zero-order valence-corrected chi connectivity index (χ0v) is 14.0. The summed E-state index contributed by atoms with van der Waals surface area (Å²) >= 11 is 0. The van der Waals surface area contributed by atoms with E-state index in [1.807, 2.05) is 18.2 Å². The van der Waals surface area contributed by atoms with Crippen molar-refractivity contribution in [3.05, 3.63) is 36.4 Å². The van der Waals surface area contributed by atoms with Crippen LogP contribution in [0.2, 0.25) is 0 Å². The van der Waals surface area contributed by atoms with Crippen LogP contribution >= 0.6 is 0 Å². The van der Waals surface area contributed by atoms with Gasteiger partial charge in [0.05, 0.1) is 10.6 Å². The molecule has 0 aliphatic carbocycles. The maximum absolute atomic E-state index is 12.8. The molecule has 6 nitrogen and oxygen atoms in total. The van der Waals surface area contributed by atoms with E-state index in [4.69, 9.17) is 0 Å². The van der Waals surface area contributed by atoms with Crippen molar-refractivity contribution < 1.29 is 13.2 Å². The van der Waals surface area contributed by atoms with E-state index in [1.165, 1.54) is 4.31 Å². The quantitative estimate of drug-likeness (QED) is 0.877. The SMILES string of the molecule is O=C(CN1c2cccc3cccc(c23)S1(=O)=O)NC1CCCNC1. The second-order valence-electron chi connectivity index (χ2n) is 6.25. The topological polar surface area (TPSA) is 78.5 Å². The van der Waals surface area contributed by atoms with E-state index in [9.17, 15) is 13.2 Å². The molecule has 1 saturated heterocycles. The van der Waals surface area contributed by atoms with E-state index in [1.54, 1.807) is 18.2 Å². The normalized spacial score (nSPS) is 21.8. The Morgan fingerprint density at radius 3 is 2.79 bits per heavy atom. The Kier molecular flexibility index (Phi) is 3.69. The van der Waals surface area contributed by atoms with E-state index < -0.39 is 10.0 Å². The van der Waals surface area contributed by atoms with Crippen LogP contribution in [0.1, 0.15) is 12.8 Å². The van der Waals surface area contributed by atoms with Crippen LogP contribution in [-0.2, 0) is 14.8 Å². The van der Waals surface area contributed by atoms with Gasteiger partial charge in [-0.2, -0.15) is 0 Å². The highest BCUT2D eigenvalue weighted by Gasteiger charge is 2.36. The van der Waals surface area contributed by atoms with E-state index in [2.05, 4.69) is 10.6 Å². The predicted molar refractivity (Wildman–Crippen MR) is 92.5 cm³/mol. The van der Waals surface area contributed by atoms with E-state index >= 15 is 0 Å². The monoisotopic (exact) mass is 345 g/mol. The van der Waals surface area contributed by atoms with E-state index in [0.29, 0.717) is 11.1 Å². The number of hydrogen-bond acceptors (Lipinski definition) is 4. The number of nitrogens with one attached hydrogen (secondary N) is 2. The lowest BCUT2D eigenvalue weighted by atomic mass is 10.1. The molecule has 2 aromatic carbocycles. The fourth-order valence-electron chi connectivity index (χ4n) is 3.51. The van der Waals surface area contributed by atoms with Gasteiger partial charge in [0.25, 0.3) is 10.0 Å². The van der Waals surface area contributed by atoms with Gasteiger partial charge < -0.3 is 10.6 Å². The van der Waals surface area contributed by atoms with Gasteiger partial charge in [0, 0.05) is 18.0 Å². The summed E-state index contributed by atoms with van der Waals surface area (Å²) in [6.45, 7) is 1.51. The molecule has 0 aromatic heterocycles. The van der Waals surface area contributed by atoms with Gasteiger partial charge in [0.15, 0.2) is 0 Å². The smallest absolute Gasteiger partial charge is 0.265 e. The van der Waals surface area contributed by atoms with Crippen molar-refractivity contribution in [3.8, 4) is 0 Å². The van der Waals surface area contributed by atoms with Crippen LogP contribution in [0.3, 0.4) is 0 Å². The number of anilines is 1. The predicted octanol–water partition coefficient (Wildman–Crippen LogP) is 1.22. The Bertz CT molecular complexity index is 899. The highest BCUT2D eigenvalue weighted by Crippen LogP contribution is 2.41. The fraction of sp³-hybridized carbons (Fsp3) is 0.353. The number of benzene rings is 2. The van der Waals surface area contributed by atoms with Crippen molar-refractivity contribution in [3.63, 3.8) is 0 Å². The van der Waals surface area contributed by atoms with Gasteiger partial charge in [0.2, 0.25) is 5.91 Å². The molecule has 24 heavy (non-hydrogen) atoms. The molecule has 2 aromatic rings. The molecule has 0 bridgehead atoms. The number of rotatable bonds is 3. The van der Waals surface area contributed by atoms with Gasteiger partial charge in [-0.3, -0.25) is 9.10 Å². The summed E-state index contributed by atoms with van der Waals surface area (Å²) in [7, 11) is -3.68. The molecule has 1 amide bonds. The molecule has 0 spiro atoms. The molecular weight excluding hydrogens is 326 g/mol. The number of sulfonamides is 1. The number of piperidine rings is 1. The highest BCUT2D eigenvalue weighted by atomic mass is 32.2. The summed E-state index contributed by atoms with van der Waals surface area (Å²) < 4.78 is 26.9. The van der Waals surface area contributed by atoms with Gasteiger partial charge in [-0.15, -0.1) is 0 Å². The molecule has 2 aliphatic rings. The molecule has 4 rings (SSSR count). The molecule has 1 unspecified atom stereocenters. The second kappa shape index (κ2) is 5.75. The summed E-state index contributed by atoms with van der Waals surface area (Å²) in [5.41, 5.74) is 0.583. The number of carbonyl (C=O) groups is 1. The van der Waals surface area contributed by atoms with Gasteiger partial charge in [-0.25, -0.2) is 8.42 Å². The maximum Gasteiger partial charge on any atom is 0.265 e. The van der Waals surface area contributed by atoms with Crippen LogP contribution < -0.4 is 14.9 Å². The summed E-state index contributed by atoms with van der Waals surface area (Å²) in [6, 6.07) is 10.7. The average Bonchev–Trinajstić information content (AvgIpc) is 2.79. The molecule has 2 aliphatic heterocycles. The number of nitrogens with zero attached hydrogens (tertiary/aromatic N) is 1. The van der Waals surface area contributed by atoms with Gasteiger partial charge in [0.1, 0.15) is 6.54 Å². The molecule has 2 N–H and O–H groups in total. The fourth-order valence-corrected chi connectivity index (χ4v) is 5.17. The summed E-state index contributed by atoms with van der Waals surface area (Å²) in [4.78, 5) is 12.7. The number of carbonyl (C=O) groups excluding carboxylic acids is 1. The Morgan fingerprint density at radius 1 is 1.25 bits per heavy atom. The van der Waals surface area contributed by atoms with Crippen molar-refractivity contribution in [2.24, 2.45) is 0 Å². The largest absolute Gasteiger partial charge is 0.351 e. The van der Waals surface area contributed by atoms with E-state index in [0.717, 1.165) is 31.3 Å². The summed E-state index contributed by atoms with van der Waals surface area (Å²) in [5, 5.41) is 7.74. The van der Waals surface area contributed by atoms with Crippen molar-refractivity contribution in [1.82, 2.24) is 10.6 Å².